The monoisotopic (exact) mass is 306 g/mol. The van der Waals surface area contributed by atoms with E-state index in [1.165, 1.54) is 31.2 Å². The molecule has 1 unspecified atom stereocenters. The van der Waals surface area contributed by atoms with Gasteiger partial charge in [0.1, 0.15) is 6.23 Å². The number of nitrogens with zero attached hydrogens (tertiary/aromatic N) is 2. The van der Waals surface area contributed by atoms with Gasteiger partial charge in [0.15, 0.2) is 11.5 Å². The molecule has 1 aromatic carbocycles. The SMILES string of the molecule is COC(C)N(Cc1ccc2c(c1)OCO2)N1CCCCCC1. The van der Waals surface area contributed by atoms with Crippen molar-refractivity contribution in [1.29, 1.82) is 0 Å². The van der Waals surface area contributed by atoms with Crippen LogP contribution >= 0.6 is 0 Å². The van der Waals surface area contributed by atoms with Gasteiger partial charge >= 0.3 is 0 Å². The molecule has 0 N–H and O–H groups in total. The van der Waals surface area contributed by atoms with Crippen LogP contribution in [0.3, 0.4) is 0 Å². The van der Waals surface area contributed by atoms with Crippen molar-refractivity contribution in [2.24, 2.45) is 0 Å². The minimum Gasteiger partial charge on any atom is -0.454 e. The molecule has 3 rings (SSSR count). The molecule has 2 aliphatic heterocycles. The van der Waals surface area contributed by atoms with E-state index in [2.05, 4.69) is 29.1 Å². The summed E-state index contributed by atoms with van der Waals surface area (Å²) in [7, 11) is 1.77. The third-order valence-corrected chi connectivity index (χ3v) is 4.49. The Morgan fingerprint density at radius 3 is 2.59 bits per heavy atom. The van der Waals surface area contributed by atoms with E-state index in [-0.39, 0.29) is 6.23 Å². The van der Waals surface area contributed by atoms with E-state index in [4.69, 9.17) is 14.2 Å². The standard InChI is InChI=1S/C17H26N2O3/c1-14(20-2)19(18-9-5-3-4-6-10-18)12-15-7-8-16-17(11-15)22-13-21-16/h7-8,11,14H,3-6,9-10,12-13H2,1-2H3. The van der Waals surface area contributed by atoms with E-state index in [0.717, 1.165) is 31.1 Å². The van der Waals surface area contributed by atoms with Crippen molar-refractivity contribution in [2.45, 2.75) is 45.4 Å². The second-order valence-corrected chi connectivity index (χ2v) is 5.99. The van der Waals surface area contributed by atoms with Crippen LogP contribution in [0.1, 0.15) is 38.2 Å². The molecule has 2 heterocycles. The van der Waals surface area contributed by atoms with Crippen molar-refractivity contribution in [3.63, 3.8) is 0 Å². The summed E-state index contributed by atoms with van der Waals surface area (Å²) in [5, 5.41) is 4.79. The molecule has 0 radical (unpaired) electrons. The zero-order valence-electron chi connectivity index (χ0n) is 13.6. The van der Waals surface area contributed by atoms with Gasteiger partial charge in [-0.3, -0.25) is 0 Å². The quantitative estimate of drug-likeness (QED) is 0.781. The molecule has 5 heteroatoms. The maximum Gasteiger partial charge on any atom is 0.231 e. The van der Waals surface area contributed by atoms with Crippen LogP contribution in [0.5, 0.6) is 11.5 Å². The van der Waals surface area contributed by atoms with Crippen LogP contribution in [0.15, 0.2) is 18.2 Å². The Kier molecular flexibility index (Phi) is 5.18. The van der Waals surface area contributed by atoms with Crippen molar-refractivity contribution in [3.05, 3.63) is 23.8 Å². The Hall–Kier alpha value is -1.30. The maximum atomic E-state index is 5.60. The second-order valence-electron chi connectivity index (χ2n) is 5.99. The van der Waals surface area contributed by atoms with Crippen molar-refractivity contribution in [2.75, 3.05) is 27.0 Å². The Bertz CT molecular complexity index is 487. The fourth-order valence-electron chi connectivity index (χ4n) is 3.12. The fourth-order valence-corrected chi connectivity index (χ4v) is 3.12. The Morgan fingerprint density at radius 1 is 1.14 bits per heavy atom. The first kappa shape index (κ1) is 15.6. The number of methoxy groups -OCH3 is 1. The zero-order chi connectivity index (χ0) is 15.4. The Morgan fingerprint density at radius 2 is 1.86 bits per heavy atom. The van der Waals surface area contributed by atoms with E-state index >= 15 is 0 Å². The lowest BCUT2D eigenvalue weighted by Crippen LogP contribution is -2.48. The van der Waals surface area contributed by atoms with E-state index < -0.39 is 0 Å². The number of hydrazine groups is 1. The van der Waals surface area contributed by atoms with Crippen molar-refractivity contribution in [1.82, 2.24) is 10.0 Å². The van der Waals surface area contributed by atoms with Crippen LogP contribution < -0.4 is 9.47 Å². The number of ether oxygens (including phenoxy) is 3. The summed E-state index contributed by atoms with van der Waals surface area (Å²) in [6, 6.07) is 6.19. The summed E-state index contributed by atoms with van der Waals surface area (Å²) < 4.78 is 16.5. The molecule has 0 spiro atoms. The Labute approximate surface area is 132 Å². The second kappa shape index (κ2) is 7.31. The molecule has 1 saturated heterocycles. The van der Waals surface area contributed by atoms with Crippen molar-refractivity contribution >= 4 is 0 Å². The van der Waals surface area contributed by atoms with Crippen LogP contribution in [-0.4, -0.2) is 43.2 Å². The molecule has 0 aromatic heterocycles. The average Bonchev–Trinajstić information content (AvgIpc) is 2.84. The lowest BCUT2D eigenvalue weighted by atomic mass is 10.2. The molecule has 2 aliphatic rings. The van der Waals surface area contributed by atoms with Crippen LogP contribution in [-0.2, 0) is 11.3 Å². The minimum atomic E-state index is 0.0588. The summed E-state index contributed by atoms with van der Waals surface area (Å²) in [5.74, 6) is 1.68. The molecule has 0 aliphatic carbocycles. The number of benzene rings is 1. The first-order valence-electron chi connectivity index (χ1n) is 8.21. The van der Waals surface area contributed by atoms with Crippen molar-refractivity contribution < 1.29 is 14.2 Å². The average molecular weight is 306 g/mol. The summed E-state index contributed by atoms with van der Waals surface area (Å²) in [6.07, 6.45) is 5.23. The van der Waals surface area contributed by atoms with Crippen LogP contribution in [0.4, 0.5) is 0 Å². The summed E-state index contributed by atoms with van der Waals surface area (Å²) in [6.45, 7) is 5.48. The lowest BCUT2D eigenvalue weighted by molar-refractivity contribution is -0.151. The molecular formula is C17H26N2O3. The van der Waals surface area contributed by atoms with Gasteiger partial charge in [-0.25, -0.2) is 10.0 Å². The van der Waals surface area contributed by atoms with Gasteiger partial charge < -0.3 is 14.2 Å². The number of fused-ring (bicyclic) bond motifs is 1. The summed E-state index contributed by atoms with van der Waals surface area (Å²) in [4.78, 5) is 0. The molecule has 0 amide bonds. The highest BCUT2D eigenvalue weighted by atomic mass is 16.7. The van der Waals surface area contributed by atoms with Gasteiger partial charge in [-0.05, 0) is 37.5 Å². The van der Waals surface area contributed by atoms with Gasteiger partial charge in [-0.15, -0.1) is 0 Å². The molecule has 22 heavy (non-hydrogen) atoms. The molecule has 5 nitrogen and oxygen atoms in total. The van der Waals surface area contributed by atoms with Gasteiger partial charge in [0.25, 0.3) is 0 Å². The van der Waals surface area contributed by atoms with E-state index in [0.29, 0.717) is 6.79 Å². The number of rotatable bonds is 5. The molecule has 0 bridgehead atoms. The highest BCUT2D eigenvalue weighted by molar-refractivity contribution is 5.44. The Balaban J connectivity index is 1.74. The third-order valence-electron chi connectivity index (χ3n) is 4.49. The predicted molar refractivity (Wildman–Crippen MR) is 84.6 cm³/mol. The summed E-state index contributed by atoms with van der Waals surface area (Å²) >= 11 is 0. The highest BCUT2D eigenvalue weighted by Gasteiger charge is 2.23. The molecule has 1 fully saturated rings. The van der Waals surface area contributed by atoms with Crippen LogP contribution in [0, 0.1) is 0 Å². The largest absolute Gasteiger partial charge is 0.454 e. The smallest absolute Gasteiger partial charge is 0.231 e. The number of hydrogen-bond acceptors (Lipinski definition) is 5. The molecule has 1 atom stereocenters. The van der Waals surface area contributed by atoms with E-state index in [9.17, 15) is 0 Å². The molecular weight excluding hydrogens is 280 g/mol. The molecule has 0 saturated carbocycles. The number of hydrogen-bond donors (Lipinski definition) is 0. The predicted octanol–water partition coefficient (Wildman–Crippen LogP) is 3.00. The van der Waals surface area contributed by atoms with Crippen LogP contribution in [0.2, 0.25) is 0 Å². The normalized spacial score (nSPS) is 20.1. The maximum absolute atomic E-state index is 5.60. The van der Waals surface area contributed by atoms with Gasteiger partial charge in [-0.1, -0.05) is 18.9 Å². The van der Waals surface area contributed by atoms with Crippen molar-refractivity contribution in [3.8, 4) is 11.5 Å². The zero-order valence-corrected chi connectivity index (χ0v) is 13.6. The fraction of sp³-hybridized carbons (Fsp3) is 0.647. The minimum absolute atomic E-state index is 0.0588. The van der Waals surface area contributed by atoms with Gasteiger partial charge in [0.2, 0.25) is 6.79 Å². The highest BCUT2D eigenvalue weighted by Crippen LogP contribution is 2.33. The summed E-state index contributed by atoms with van der Waals surface area (Å²) in [5.41, 5.74) is 1.22. The molecule has 1 aromatic rings. The van der Waals surface area contributed by atoms with E-state index in [1.54, 1.807) is 7.11 Å². The molecule has 122 valence electrons. The van der Waals surface area contributed by atoms with Crippen LogP contribution in [0.25, 0.3) is 0 Å². The lowest BCUT2D eigenvalue weighted by Gasteiger charge is -2.38. The van der Waals surface area contributed by atoms with Gasteiger partial charge in [0.05, 0.1) is 0 Å². The van der Waals surface area contributed by atoms with E-state index in [1.807, 2.05) is 6.07 Å². The van der Waals surface area contributed by atoms with Gasteiger partial charge in [0, 0.05) is 26.7 Å². The van der Waals surface area contributed by atoms with Gasteiger partial charge in [-0.2, -0.15) is 0 Å². The first-order chi connectivity index (χ1) is 10.8. The first-order valence-corrected chi connectivity index (χ1v) is 8.21. The topological polar surface area (TPSA) is 34.2 Å². The third kappa shape index (κ3) is 3.54.